The molecule has 1 N–H and O–H groups in total. The number of carboxylic acids is 1. The molecule has 0 bridgehead atoms. The first-order valence-corrected chi connectivity index (χ1v) is 7.06. The van der Waals surface area contributed by atoms with Crippen molar-refractivity contribution in [3.63, 3.8) is 0 Å². The number of nitrogens with zero attached hydrogens (tertiary/aromatic N) is 1. The first kappa shape index (κ1) is 14.6. The second-order valence-corrected chi connectivity index (χ2v) is 5.29. The summed E-state index contributed by atoms with van der Waals surface area (Å²) in [5.41, 5.74) is 0.981. The van der Waals surface area contributed by atoms with Gasteiger partial charge in [0.1, 0.15) is 5.75 Å². The van der Waals surface area contributed by atoms with Crippen LogP contribution in [0.4, 0.5) is 0 Å². The fourth-order valence-corrected chi connectivity index (χ4v) is 2.67. The van der Waals surface area contributed by atoms with Gasteiger partial charge in [0.15, 0.2) is 0 Å². The number of methoxy groups -OCH3 is 1. The van der Waals surface area contributed by atoms with Crippen molar-refractivity contribution in [1.82, 2.24) is 0 Å². The largest absolute Gasteiger partial charge is 0.496 e. The molecular formula is C16H21NO3. The van der Waals surface area contributed by atoms with Gasteiger partial charge in [-0.05, 0) is 43.7 Å². The molecule has 2 rings (SSSR count). The van der Waals surface area contributed by atoms with E-state index in [-0.39, 0.29) is 5.92 Å². The van der Waals surface area contributed by atoms with Gasteiger partial charge in [-0.1, -0.05) is 12.1 Å². The van der Waals surface area contributed by atoms with Gasteiger partial charge in [0, 0.05) is 18.3 Å². The van der Waals surface area contributed by atoms with Gasteiger partial charge >= 0.3 is 5.97 Å². The Hall–Kier alpha value is -1.84. The molecule has 0 saturated heterocycles. The molecule has 4 heteroatoms. The van der Waals surface area contributed by atoms with Crippen LogP contribution >= 0.6 is 0 Å². The van der Waals surface area contributed by atoms with E-state index in [9.17, 15) is 4.79 Å². The molecule has 4 nitrogen and oxygen atoms in total. The van der Waals surface area contributed by atoms with E-state index in [0.717, 1.165) is 43.5 Å². The van der Waals surface area contributed by atoms with Gasteiger partial charge < -0.3 is 9.84 Å². The van der Waals surface area contributed by atoms with Crippen LogP contribution in [0.5, 0.6) is 5.75 Å². The summed E-state index contributed by atoms with van der Waals surface area (Å²) < 4.78 is 5.27. The van der Waals surface area contributed by atoms with Crippen LogP contribution in [0.2, 0.25) is 0 Å². The Morgan fingerprint density at radius 1 is 1.35 bits per heavy atom. The van der Waals surface area contributed by atoms with Crippen molar-refractivity contribution in [3.05, 3.63) is 29.8 Å². The lowest BCUT2D eigenvalue weighted by Gasteiger charge is -2.24. The SMILES string of the molecule is COc1ccccc1/C=N/CC1CCC(C(=O)O)CC1. The van der Waals surface area contributed by atoms with Crippen molar-refractivity contribution in [1.29, 1.82) is 0 Å². The van der Waals surface area contributed by atoms with Crippen LogP contribution in [0.25, 0.3) is 0 Å². The third-order valence-corrected chi connectivity index (χ3v) is 3.93. The summed E-state index contributed by atoms with van der Waals surface area (Å²) in [7, 11) is 1.65. The predicted octanol–water partition coefficient (Wildman–Crippen LogP) is 3.01. The molecule has 0 aliphatic heterocycles. The number of hydrogen-bond donors (Lipinski definition) is 1. The monoisotopic (exact) mass is 275 g/mol. The maximum Gasteiger partial charge on any atom is 0.306 e. The molecule has 1 aliphatic rings. The number of benzene rings is 1. The molecule has 1 aliphatic carbocycles. The molecule has 0 spiro atoms. The quantitative estimate of drug-likeness (QED) is 0.840. The number of hydrogen-bond acceptors (Lipinski definition) is 3. The van der Waals surface area contributed by atoms with E-state index in [1.165, 1.54) is 0 Å². The number of ether oxygens (including phenoxy) is 1. The maximum absolute atomic E-state index is 10.9. The van der Waals surface area contributed by atoms with Gasteiger partial charge in [0.2, 0.25) is 0 Å². The zero-order valence-electron chi connectivity index (χ0n) is 11.8. The molecule has 1 aromatic carbocycles. The summed E-state index contributed by atoms with van der Waals surface area (Å²) >= 11 is 0. The molecule has 0 atom stereocenters. The van der Waals surface area contributed by atoms with Crippen LogP contribution in [0.1, 0.15) is 31.2 Å². The van der Waals surface area contributed by atoms with E-state index in [2.05, 4.69) is 4.99 Å². The second kappa shape index (κ2) is 7.08. The molecule has 1 aromatic rings. The van der Waals surface area contributed by atoms with Crippen molar-refractivity contribution < 1.29 is 14.6 Å². The van der Waals surface area contributed by atoms with Gasteiger partial charge in [-0.25, -0.2) is 0 Å². The number of rotatable bonds is 5. The van der Waals surface area contributed by atoms with Crippen LogP contribution in [0, 0.1) is 11.8 Å². The predicted molar refractivity (Wildman–Crippen MR) is 78.5 cm³/mol. The minimum absolute atomic E-state index is 0.149. The van der Waals surface area contributed by atoms with Gasteiger partial charge in [-0.2, -0.15) is 0 Å². The maximum atomic E-state index is 10.9. The fraction of sp³-hybridized carbons (Fsp3) is 0.500. The standard InChI is InChI=1S/C16H21NO3/c1-20-15-5-3-2-4-14(15)11-17-10-12-6-8-13(9-7-12)16(18)19/h2-5,11-13H,6-10H2,1H3,(H,18,19)/b17-11+. The first-order chi connectivity index (χ1) is 9.70. The summed E-state index contributed by atoms with van der Waals surface area (Å²) in [5.74, 6) is 0.535. The highest BCUT2D eigenvalue weighted by atomic mass is 16.5. The van der Waals surface area contributed by atoms with E-state index in [0.29, 0.717) is 5.92 Å². The summed E-state index contributed by atoms with van der Waals surface area (Å²) in [5, 5.41) is 8.96. The summed E-state index contributed by atoms with van der Waals surface area (Å²) in [6.45, 7) is 0.768. The molecule has 1 saturated carbocycles. The van der Waals surface area contributed by atoms with Gasteiger partial charge in [-0.3, -0.25) is 9.79 Å². The summed E-state index contributed by atoms with van der Waals surface area (Å²) in [4.78, 5) is 15.4. The number of carboxylic acid groups (broad SMARTS) is 1. The number of aliphatic carboxylic acids is 1. The van der Waals surface area contributed by atoms with Crippen molar-refractivity contribution >= 4 is 12.2 Å². The Morgan fingerprint density at radius 2 is 2.05 bits per heavy atom. The Labute approximate surface area is 119 Å². The zero-order chi connectivity index (χ0) is 14.4. The minimum atomic E-state index is -0.652. The molecule has 0 heterocycles. The summed E-state index contributed by atoms with van der Waals surface area (Å²) in [6, 6.07) is 7.79. The minimum Gasteiger partial charge on any atom is -0.496 e. The lowest BCUT2D eigenvalue weighted by Crippen LogP contribution is -2.22. The topological polar surface area (TPSA) is 58.9 Å². The zero-order valence-corrected chi connectivity index (χ0v) is 11.8. The third-order valence-electron chi connectivity index (χ3n) is 3.93. The van der Waals surface area contributed by atoms with E-state index < -0.39 is 5.97 Å². The Bertz CT molecular complexity index is 476. The van der Waals surface area contributed by atoms with Crippen LogP contribution < -0.4 is 4.74 Å². The van der Waals surface area contributed by atoms with Crippen LogP contribution in [0.3, 0.4) is 0 Å². The highest BCUT2D eigenvalue weighted by molar-refractivity contribution is 5.83. The normalized spacial score (nSPS) is 22.9. The molecule has 0 unspecified atom stereocenters. The lowest BCUT2D eigenvalue weighted by molar-refractivity contribution is -0.143. The molecule has 108 valence electrons. The average Bonchev–Trinajstić information content (AvgIpc) is 2.48. The van der Waals surface area contributed by atoms with Gasteiger partial charge in [-0.15, -0.1) is 0 Å². The highest BCUT2D eigenvalue weighted by Crippen LogP contribution is 2.29. The van der Waals surface area contributed by atoms with Gasteiger partial charge in [0.05, 0.1) is 13.0 Å². The van der Waals surface area contributed by atoms with Crippen molar-refractivity contribution in [3.8, 4) is 5.75 Å². The number of para-hydroxylation sites is 1. The average molecular weight is 275 g/mol. The Kier molecular flexibility index (Phi) is 5.16. The van der Waals surface area contributed by atoms with E-state index in [1.807, 2.05) is 30.5 Å². The smallest absolute Gasteiger partial charge is 0.306 e. The molecule has 0 amide bonds. The second-order valence-electron chi connectivity index (χ2n) is 5.29. The van der Waals surface area contributed by atoms with Crippen molar-refractivity contribution in [2.45, 2.75) is 25.7 Å². The molecule has 1 fully saturated rings. The molecular weight excluding hydrogens is 254 g/mol. The summed E-state index contributed by atoms with van der Waals surface area (Å²) in [6.07, 6.45) is 5.33. The molecule has 0 radical (unpaired) electrons. The van der Waals surface area contributed by atoms with E-state index in [4.69, 9.17) is 9.84 Å². The van der Waals surface area contributed by atoms with Crippen molar-refractivity contribution in [2.75, 3.05) is 13.7 Å². The van der Waals surface area contributed by atoms with E-state index >= 15 is 0 Å². The number of carbonyl (C=O) groups is 1. The van der Waals surface area contributed by atoms with Crippen molar-refractivity contribution in [2.24, 2.45) is 16.8 Å². The Balaban J connectivity index is 1.84. The van der Waals surface area contributed by atoms with Crippen LogP contribution in [-0.4, -0.2) is 30.9 Å². The van der Waals surface area contributed by atoms with Crippen LogP contribution in [0.15, 0.2) is 29.3 Å². The lowest BCUT2D eigenvalue weighted by atomic mass is 9.82. The molecule has 20 heavy (non-hydrogen) atoms. The fourth-order valence-electron chi connectivity index (χ4n) is 2.67. The third kappa shape index (κ3) is 3.83. The molecule has 0 aromatic heterocycles. The Morgan fingerprint density at radius 3 is 2.70 bits per heavy atom. The van der Waals surface area contributed by atoms with Gasteiger partial charge in [0.25, 0.3) is 0 Å². The highest BCUT2D eigenvalue weighted by Gasteiger charge is 2.25. The first-order valence-electron chi connectivity index (χ1n) is 7.06. The van der Waals surface area contributed by atoms with Crippen LogP contribution in [-0.2, 0) is 4.79 Å². The number of aliphatic imine (C=N–C) groups is 1. The van der Waals surface area contributed by atoms with E-state index in [1.54, 1.807) is 7.11 Å².